The molecule has 3 nitrogen and oxygen atoms in total. The zero-order chi connectivity index (χ0) is 11.9. The molecule has 0 atom stereocenters. The molecule has 15 heavy (non-hydrogen) atoms. The Balaban J connectivity index is 3.55. The third-order valence-electron chi connectivity index (χ3n) is 1.55. The van der Waals surface area contributed by atoms with Crippen LogP contribution in [-0.2, 0) is 16.2 Å². The molecule has 0 radical (unpaired) electrons. The van der Waals surface area contributed by atoms with Crippen molar-refractivity contribution in [1.82, 2.24) is 0 Å². The average molecular weight is 260 g/mol. The molecule has 0 saturated carbocycles. The Labute approximate surface area is 88.7 Å². The molecule has 84 valence electrons. The molecule has 0 unspecified atom stereocenters. The molecular weight excluding hydrogens is 255 g/mol. The highest BCUT2D eigenvalue weighted by Gasteiger charge is 2.36. The number of hydrogen-bond acceptors (Lipinski definition) is 2. The summed E-state index contributed by atoms with van der Waals surface area (Å²) < 4.78 is 58.8. The molecule has 1 aromatic rings. The predicted octanol–water partition coefficient (Wildman–Crippen LogP) is 2.01. The third-order valence-corrected chi connectivity index (χ3v) is 2.76. The SMILES string of the molecule is NS(=O)(=O)c1ccc(Cl)cc1C(F)(F)F. The Bertz CT molecular complexity index is 483. The van der Waals surface area contributed by atoms with Crippen molar-refractivity contribution in [3.8, 4) is 0 Å². The predicted molar refractivity (Wildman–Crippen MR) is 47.8 cm³/mol. The van der Waals surface area contributed by atoms with Crippen LogP contribution in [-0.4, -0.2) is 8.42 Å². The molecule has 0 saturated heterocycles. The van der Waals surface area contributed by atoms with Gasteiger partial charge in [-0.3, -0.25) is 0 Å². The maximum Gasteiger partial charge on any atom is 0.417 e. The van der Waals surface area contributed by atoms with E-state index in [9.17, 15) is 21.6 Å². The molecule has 0 aliphatic heterocycles. The zero-order valence-corrected chi connectivity index (χ0v) is 8.62. The fraction of sp³-hybridized carbons (Fsp3) is 0.143. The zero-order valence-electron chi connectivity index (χ0n) is 7.05. The molecule has 1 rings (SSSR count). The van der Waals surface area contributed by atoms with Crippen LogP contribution in [0.2, 0.25) is 5.02 Å². The van der Waals surface area contributed by atoms with Gasteiger partial charge in [-0.1, -0.05) is 11.6 Å². The minimum atomic E-state index is -4.81. The van der Waals surface area contributed by atoms with E-state index >= 15 is 0 Å². The van der Waals surface area contributed by atoms with E-state index in [1.54, 1.807) is 0 Å². The third kappa shape index (κ3) is 2.83. The molecule has 0 amide bonds. The van der Waals surface area contributed by atoms with Crippen molar-refractivity contribution in [3.05, 3.63) is 28.8 Å². The highest BCUT2D eigenvalue weighted by molar-refractivity contribution is 7.89. The number of sulfonamides is 1. The van der Waals surface area contributed by atoms with Crippen molar-refractivity contribution in [3.63, 3.8) is 0 Å². The standard InChI is InChI=1S/C7H5ClF3NO2S/c8-4-1-2-6(15(12,13)14)5(3-4)7(9,10)11/h1-3H,(H2,12,13,14). The first-order chi connectivity index (χ1) is 6.62. The largest absolute Gasteiger partial charge is 0.417 e. The van der Waals surface area contributed by atoms with Crippen molar-refractivity contribution in [1.29, 1.82) is 0 Å². The minimum absolute atomic E-state index is 0.213. The number of alkyl halides is 3. The van der Waals surface area contributed by atoms with Crippen LogP contribution in [0.1, 0.15) is 5.56 Å². The number of rotatable bonds is 1. The van der Waals surface area contributed by atoms with Gasteiger partial charge in [-0.25, -0.2) is 13.6 Å². The summed E-state index contributed by atoms with van der Waals surface area (Å²) >= 11 is 5.34. The smallest absolute Gasteiger partial charge is 0.225 e. The molecule has 0 spiro atoms. The van der Waals surface area contributed by atoms with Gasteiger partial charge in [0.2, 0.25) is 10.0 Å². The first-order valence-electron chi connectivity index (χ1n) is 3.52. The van der Waals surface area contributed by atoms with Crippen LogP contribution in [0, 0.1) is 0 Å². The number of nitrogens with two attached hydrogens (primary N) is 1. The lowest BCUT2D eigenvalue weighted by Gasteiger charge is -2.11. The maximum atomic E-state index is 12.4. The highest BCUT2D eigenvalue weighted by atomic mass is 35.5. The van der Waals surface area contributed by atoms with Gasteiger partial charge >= 0.3 is 6.18 Å². The number of primary sulfonamides is 1. The summed E-state index contributed by atoms with van der Waals surface area (Å²) in [5.41, 5.74) is -1.36. The van der Waals surface area contributed by atoms with Crippen molar-refractivity contribution in [2.75, 3.05) is 0 Å². The summed E-state index contributed by atoms with van der Waals surface area (Å²) in [7, 11) is -4.41. The van der Waals surface area contributed by atoms with Crippen molar-refractivity contribution in [2.45, 2.75) is 11.1 Å². The fourth-order valence-electron chi connectivity index (χ4n) is 0.972. The van der Waals surface area contributed by atoms with E-state index in [0.29, 0.717) is 6.07 Å². The summed E-state index contributed by atoms with van der Waals surface area (Å²) in [5.74, 6) is 0. The van der Waals surface area contributed by atoms with Gasteiger partial charge in [-0.2, -0.15) is 13.2 Å². The first-order valence-corrected chi connectivity index (χ1v) is 5.44. The van der Waals surface area contributed by atoms with Gasteiger partial charge < -0.3 is 0 Å². The van der Waals surface area contributed by atoms with E-state index in [-0.39, 0.29) is 5.02 Å². The number of benzene rings is 1. The molecule has 0 aromatic heterocycles. The molecule has 0 aliphatic rings. The summed E-state index contributed by atoms with van der Waals surface area (Å²) in [5, 5.41) is 4.42. The van der Waals surface area contributed by atoms with E-state index < -0.39 is 26.7 Å². The van der Waals surface area contributed by atoms with Gasteiger partial charge in [0.15, 0.2) is 0 Å². The lowest BCUT2D eigenvalue weighted by molar-refractivity contribution is -0.139. The molecular formula is C7H5ClF3NO2S. The Morgan fingerprint density at radius 2 is 1.80 bits per heavy atom. The molecule has 1 aromatic carbocycles. The highest BCUT2D eigenvalue weighted by Crippen LogP contribution is 2.35. The summed E-state index contributed by atoms with van der Waals surface area (Å²) in [4.78, 5) is -0.987. The fourth-order valence-corrected chi connectivity index (χ4v) is 1.88. The number of hydrogen-bond donors (Lipinski definition) is 1. The van der Waals surface area contributed by atoms with Gasteiger partial charge in [0, 0.05) is 5.02 Å². The van der Waals surface area contributed by atoms with E-state index in [2.05, 4.69) is 5.14 Å². The molecule has 0 bridgehead atoms. The summed E-state index contributed by atoms with van der Waals surface area (Å²) in [6.07, 6.45) is -4.81. The molecule has 2 N–H and O–H groups in total. The normalized spacial score (nSPS) is 12.9. The first kappa shape index (κ1) is 12.3. The van der Waals surface area contributed by atoms with Crippen molar-refractivity contribution < 1.29 is 21.6 Å². The van der Waals surface area contributed by atoms with E-state index in [1.165, 1.54) is 0 Å². The maximum absolute atomic E-state index is 12.4. The van der Waals surface area contributed by atoms with Crippen molar-refractivity contribution in [2.24, 2.45) is 5.14 Å². The Morgan fingerprint density at radius 1 is 1.27 bits per heavy atom. The second-order valence-electron chi connectivity index (χ2n) is 2.68. The summed E-state index contributed by atoms with van der Waals surface area (Å²) in [6.45, 7) is 0. The Morgan fingerprint density at radius 3 is 2.20 bits per heavy atom. The lowest BCUT2D eigenvalue weighted by atomic mass is 10.2. The molecule has 0 aliphatic carbocycles. The second kappa shape index (κ2) is 3.66. The van der Waals surface area contributed by atoms with Gasteiger partial charge in [-0.05, 0) is 18.2 Å². The molecule has 8 heteroatoms. The Hall–Kier alpha value is -0.790. The van der Waals surface area contributed by atoms with Crippen LogP contribution in [0.5, 0.6) is 0 Å². The topological polar surface area (TPSA) is 60.2 Å². The van der Waals surface area contributed by atoms with E-state index in [1.807, 2.05) is 0 Å². The van der Waals surface area contributed by atoms with Gasteiger partial charge in [-0.15, -0.1) is 0 Å². The van der Waals surface area contributed by atoms with Crippen molar-refractivity contribution >= 4 is 21.6 Å². The molecule has 0 heterocycles. The summed E-state index contributed by atoms with van der Waals surface area (Å²) in [6, 6.07) is 2.26. The molecule has 0 fully saturated rings. The Kier molecular flexibility index (Phi) is 2.99. The minimum Gasteiger partial charge on any atom is -0.225 e. The van der Waals surface area contributed by atoms with Gasteiger partial charge in [0.05, 0.1) is 10.5 Å². The van der Waals surface area contributed by atoms with Crippen LogP contribution >= 0.6 is 11.6 Å². The average Bonchev–Trinajstić information content (AvgIpc) is 2.00. The van der Waals surface area contributed by atoms with Crippen LogP contribution in [0.25, 0.3) is 0 Å². The van der Waals surface area contributed by atoms with Crippen LogP contribution in [0.4, 0.5) is 13.2 Å². The van der Waals surface area contributed by atoms with Crippen LogP contribution in [0.15, 0.2) is 23.1 Å². The van der Waals surface area contributed by atoms with Gasteiger partial charge in [0.25, 0.3) is 0 Å². The quantitative estimate of drug-likeness (QED) is 0.839. The van der Waals surface area contributed by atoms with Gasteiger partial charge in [0.1, 0.15) is 0 Å². The van der Waals surface area contributed by atoms with Crippen LogP contribution in [0.3, 0.4) is 0 Å². The number of halogens is 4. The van der Waals surface area contributed by atoms with E-state index in [4.69, 9.17) is 11.6 Å². The lowest BCUT2D eigenvalue weighted by Crippen LogP contribution is -2.18. The second-order valence-corrected chi connectivity index (χ2v) is 4.65. The van der Waals surface area contributed by atoms with E-state index in [0.717, 1.165) is 12.1 Å². The van der Waals surface area contributed by atoms with Crippen LogP contribution < -0.4 is 5.14 Å². The monoisotopic (exact) mass is 259 g/mol.